The Morgan fingerprint density at radius 2 is 1.73 bits per heavy atom. The van der Waals surface area contributed by atoms with Crippen LogP contribution >= 0.6 is 0 Å². The van der Waals surface area contributed by atoms with Crippen LogP contribution in [0.25, 0.3) is 0 Å². The fourth-order valence-corrected chi connectivity index (χ4v) is 1.63. The standard InChI is InChI=1S/C12H17O2Si/c1-12(2,3)15(4)14-11(13)10-8-6-5-7-9-10/h5-9H,1-4H3. The van der Waals surface area contributed by atoms with Crippen molar-refractivity contribution in [3.8, 4) is 0 Å². The van der Waals surface area contributed by atoms with Gasteiger partial charge in [-0.05, 0) is 23.7 Å². The van der Waals surface area contributed by atoms with Crippen LogP contribution in [0.5, 0.6) is 0 Å². The number of carbonyl (C=O) groups excluding carboxylic acids is 1. The van der Waals surface area contributed by atoms with Crippen molar-refractivity contribution in [2.24, 2.45) is 0 Å². The molecule has 0 N–H and O–H groups in total. The molecule has 0 aliphatic rings. The molecule has 15 heavy (non-hydrogen) atoms. The van der Waals surface area contributed by atoms with Crippen molar-refractivity contribution < 1.29 is 9.22 Å². The van der Waals surface area contributed by atoms with Gasteiger partial charge in [0.05, 0.1) is 5.56 Å². The summed E-state index contributed by atoms with van der Waals surface area (Å²) in [7, 11) is -1.10. The van der Waals surface area contributed by atoms with E-state index in [-0.39, 0.29) is 11.0 Å². The molecule has 1 radical (unpaired) electrons. The average Bonchev–Trinajstić information content (AvgIpc) is 2.17. The molecule has 0 unspecified atom stereocenters. The van der Waals surface area contributed by atoms with Crippen molar-refractivity contribution in [1.82, 2.24) is 0 Å². The van der Waals surface area contributed by atoms with E-state index in [1.807, 2.05) is 24.7 Å². The summed E-state index contributed by atoms with van der Waals surface area (Å²) in [5, 5.41) is 0.0785. The number of rotatable bonds is 2. The largest absolute Gasteiger partial charge is 0.514 e. The van der Waals surface area contributed by atoms with Crippen LogP contribution in [0.15, 0.2) is 30.3 Å². The van der Waals surface area contributed by atoms with Crippen LogP contribution in [0.2, 0.25) is 11.6 Å². The molecule has 81 valence electrons. The molecule has 0 aromatic heterocycles. The molecule has 0 saturated heterocycles. The molecule has 1 aromatic carbocycles. The van der Waals surface area contributed by atoms with Crippen LogP contribution in [0.4, 0.5) is 0 Å². The van der Waals surface area contributed by atoms with Gasteiger partial charge in [-0.15, -0.1) is 0 Å². The second kappa shape index (κ2) is 4.62. The Labute approximate surface area is 93.0 Å². The lowest BCUT2D eigenvalue weighted by atomic mass is 10.2. The average molecular weight is 221 g/mol. The minimum absolute atomic E-state index is 0.0785. The highest BCUT2D eigenvalue weighted by atomic mass is 28.3. The summed E-state index contributed by atoms with van der Waals surface area (Å²) in [6, 6.07) is 9.13. The highest BCUT2D eigenvalue weighted by Crippen LogP contribution is 2.27. The van der Waals surface area contributed by atoms with Crippen molar-refractivity contribution in [3.63, 3.8) is 0 Å². The van der Waals surface area contributed by atoms with E-state index in [1.165, 1.54) is 0 Å². The molecule has 2 nitrogen and oxygen atoms in total. The van der Waals surface area contributed by atoms with E-state index in [9.17, 15) is 4.79 Å². The van der Waals surface area contributed by atoms with E-state index in [2.05, 4.69) is 20.8 Å². The fraction of sp³-hybridized carbons (Fsp3) is 0.417. The Hall–Kier alpha value is -1.09. The van der Waals surface area contributed by atoms with Crippen LogP contribution in [0, 0.1) is 0 Å². The first-order chi connectivity index (χ1) is 6.91. The third-order valence-corrected chi connectivity index (χ3v) is 4.92. The van der Waals surface area contributed by atoms with Crippen molar-refractivity contribution in [3.05, 3.63) is 35.9 Å². The van der Waals surface area contributed by atoms with E-state index in [0.717, 1.165) is 0 Å². The van der Waals surface area contributed by atoms with Crippen LogP contribution in [-0.4, -0.2) is 15.0 Å². The van der Waals surface area contributed by atoms with Gasteiger partial charge in [-0.2, -0.15) is 0 Å². The van der Waals surface area contributed by atoms with Gasteiger partial charge in [0.1, 0.15) is 0 Å². The van der Waals surface area contributed by atoms with Crippen molar-refractivity contribution in [1.29, 1.82) is 0 Å². The SMILES string of the molecule is C[Si](OC(=O)c1ccccc1)C(C)(C)C. The molecule has 0 saturated carbocycles. The van der Waals surface area contributed by atoms with Gasteiger partial charge in [0.25, 0.3) is 9.04 Å². The Bertz CT molecular complexity index is 327. The molecule has 0 fully saturated rings. The van der Waals surface area contributed by atoms with Crippen molar-refractivity contribution in [2.45, 2.75) is 32.4 Å². The molecule has 1 rings (SSSR count). The van der Waals surface area contributed by atoms with Crippen LogP contribution in [0.3, 0.4) is 0 Å². The molecular formula is C12H17O2Si. The first kappa shape index (κ1) is 12.0. The van der Waals surface area contributed by atoms with Gasteiger partial charge < -0.3 is 4.43 Å². The van der Waals surface area contributed by atoms with Gasteiger partial charge in [0.15, 0.2) is 0 Å². The zero-order valence-corrected chi connectivity index (χ0v) is 10.7. The van der Waals surface area contributed by atoms with E-state index >= 15 is 0 Å². The molecule has 0 spiro atoms. The van der Waals surface area contributed by atoms with E-state index in [0.29, 0.717) is 5.56 Å². The molecule has 0 atom stereocenters. The third kappa shape index (κ3) is 3.51. The zero-order valence-electron chi connectivity index (χ0n) is 9.70. The normalized spacial score (nSPS) is 11.5. The predicted molar refractivity (Wildman–Crippen MR) is 63.2 cm³/mol. The third-order valence-electron chi connectivity index (χ3n) is 2.31. The summed E-state index contributed by atoms with van der Waals surface area (Å²) in [5.74, 6) is -0.207. The van der Waals surface area contributed by atoms with Crippen LogP contribution in [-0.2, 0) is 4.43 Å². The summed E-state index contributed by atoms with van der Waals surface area (Å²) in [4.78, 5) is 11.7. The Kier molecular flexibility index (Phi) is 3.69. The van der Waals surface area contributed by atoms with E-state index in [1.54, 1.807) is 12.1 Å². The van der Waals surface area contributed by atoms with Gasteiger partial charge >= 0.3 is 5.97 Å². The molecule has 0 aliphatic heterocycles. The second-order valence-corrected chi connectivity index (χ2v) is 7.38. The zero-order chi connectivity index (χ0) is 11.5. The van der Waals surface area contributed by atoms with Gasteiger partial charge in [0, 0.05) is 0 Å². The lowest BCUT2D eigenvalue weighted by Gasteiger charge is -2.24. The number of benzene rings is 1. The number of carbonyl (C=O) groups is 1. The Morgan fingerprint density at radius 3 is 2.20 bits per heavy atom. The summed E-state index contributed by atoms with van der Waals surface area (Å²) in [6.07, 6.45) is 0. The Morgan fingerprint density at radius 1 is 1.20 bits per heavy atom. The lowest BCUT2D eigenvalue weighted by molar-refractivity contribution is 0.0725. The summed E-state index contributed by atoms with van der Waals surface area (Å²) in [5.41, 5.74) is 0.631. The van der Waals surface area contributed by atoms with Gasteiger partial charge in [0.2, 0.25) is 0 Å². The van der Waals surface area contributed by atoms with Gasteiger partial charge in [-0.3, -0.25) is 0 Å². The maximum absolute atomic E-state index is 11.7. The molecule has 0 heterocycles. The summed E-state index contributed by atoms with van der Waals surface area (Å²) in [6.45, 7) is 8.31. The van der Waals surface area contributed by atoms with Crippen molar-refractivity contribution >= 4 is 15.0 Å². The predicted octanol–water partition coefficient (Wildman–Crippen LogP) is 3.26. The van der Waals surface area contributed by atoms with E-state index < -0.39 is 9.04 Å². The monoisotopic (exact) mass is 221 g/mol. The maximum atomic E-state index is 11.7. The quantitative estimate of drug-likeness (QED) is 0.716. The molecule has 0 bridgehead atoms. The number of hydrogen-bond donors (Lipinski definition) is 0. The highest BCUT2D eigenvalue weighted by Gasteiger charge is 2.28. The smallest absolute Gasteiger partial charge is 0.324 e. The van der Waals surface area contributed by atoms with Crippen molar-refractivity contribution in [2.75, 3.05) is 0 Å². The first-order valence-corrected chi connectivity index (χ1v) is 6.93. The molecule has 0 amide bonds. The minimum Gasteiger partial charge on any atom is -0.514 e. The molecule has 0 aliphatic carbocycles. The molecular weight excluding hydrogens is 204 g/mol. The lowest BCUT2D eigenvalue weighted by Crippen LogP contribution is -2.28. The summed E-state index contributed by atoms with van der Waals surface area (Å²) < 4.78 is 5.46. The van der Waals surface area contributed by atoms with Gasteiger partial charge in [-0.25, -0.2) is 4.79 Å². The maximum Gasteiger partial charge on any atom is 0.324 e. The number of hydrogen-bond acceptors (Lipinski definition) is 2. The minimum atomic E-state index is -1.10. The first-order valence-electron chi connectivity index (χ1n) is 5.02. The topological polar surface area (TPSA) is 26.3 Å². The summed E-state index contributed by atoms with van der Waals surface area (Å²) >= 11 is 0. The van der Waals surface area contributed by atoms with Crippen LogP contribution < -0.4 is 0 Å². The van der Waals surface area contributed by atoms with E-state index in [4.69, 9.17) is 4.43 Å². The highest BCUT2D eigenvalue weighted by molar-refractivity contribution is 6.56. The molecule has 1 aromatic rings. The second-order valence-electron chi connectivity index (χ2n) is 4.56. The Balaban J connectivity index is 2.65. The van der Waals surface area contributed by atoms with Crippen LogP contribution in [0.1, 0.15) is 31.1 Å². The fourth-order valence-electron chi connectivity index (χ4n) is 0.925. The van der Waals surface area contributed by atoms with Gasteiger partial charge in [-0.1, -0.05) is 39.0 Å². The molecule has 3 heteroatoms.